The monoisotopic (exact) mass is 384 g/mol. The van der Waals surface area contributed by atoms with E-state index in [-0.39, 0.29) is 18.7 Å². The molecule has 0 saturated carbocycles. The first-order valence-electron chi connectivity index (χ1n) is 9.09. The van der Waals surface area contributed by atoms with Gasteiger partial charge < -0.3 is 14.2 Å². The van der Waals surface area contributed by atoms with Gasteiger partial charge in [0.15, 0.2) is 5.65 Å². The minimum atomic E-state index is -0.272. The van der Waals surface area contributed by atoms with Gasteiger partial charge in [0.25, 0.3) is 0 Å². The van der Waals surface area contributed by atoms with Gasteiger partial charge in [-0.3, -0.25) is 0 Å². The maximum atomic E-state index is 12.6. The molecular weight excluding hydrogens is 364 g/mol. The van der Waals surface area contributed by atoms with E-state index < -0.39 is 0 Å². The van der Waals surface area contributed by atoms with Crippen molar-refractivity contribution < 1.29 is 9.53 Å². The van der Waals surface area contributed by atoms with Gasteiger partial charge in [0, 0.05) is 19.3 Å². The Balaban J connectivity index is 1.48. The quantitative estimate of drug-likeness (QED) is 0.624. The number of carbonyl (C=O) groups excluding carboxylic acids is 1. The number of benzene rings is 1. The van der Waals surface area contributed by atoms with E-state index in [4.69, 9.17) is 16.3 Å². The highest BCUT2D eigenvalue weighted by Gasteiger charge is 2.31. The fourth-order valence-electron chi connectivity index (χ4n) is 3.58. The number of ether oxygens (including phenoxy) is 1. The molecule has 140 valence electrons. The lowest BCUT2D eigenvalue weighted by Crippen LogP contribution is -2.38. The van der Waals surface area contributed by atoms with Crippen molar-refractivity contribution in [2.45, 2.75) is 37.9 Å². The van der Waals surface area contributed by atoms with Gasteiger partial charge in [-0.2, -0.15) is 0 Å². The second kappa shape index (κ2) is 7.96. The molecule has 2 aromatic heterocycles. The molecule has 7 heteroatoms. The molecule has 4 rings (SSSR count). The standard InChI is InChI=1S/C20H21ClN4O2/c21-12-18-23-17-9-4-10-22-19(17)25(18)13-16-8-5-11-24(16)20(26)27-14-15-6-2-1-3-7-15/h1-4,6-7,9-10,16H,5,8,11-14H2. The second-order valence-corrected chi connectivity index (χ2v) is 6.92. The molecule has 3 aromatic rings. The highest BCUT2D eigenvalue weighted by atomic mass is 35.5. The lowest BCUT2D eigenvalue weighted by Gasteiger charge is -2.25. The first-order chi connectivity index (χ1) is 13.3. The molecule has 1 saturated heterocycles. The third-order valence-electron chi connectivity index (χ3n) is 4.91. The van der Waals surface area contributed by atoms with Crippen LogP contribution in [-0.2, 0) is 23.8 Å². The largest absolute Gasteiger partial charge is 0.445 e. The third-order valence-corrected chi connectivity index (χ3v) is 5.15. The number of alkyl halides is 1. The zero-order chi connectivity index (χ0) is 18.6. The Morgan fingerprint density at radius 3 is 2.89 bits per heavy atom. The van der Waals surface area contributed by atoms with Gasteiger partial charge in [-0.15, -0.1) is 11.6 Å². The van der Waals surface area contributed by atoms with Crippen molar-refractivity contribution >= 4 is 28.9 Å². The van der Waals surface area contributed by atoms with Crippen molar-refractivity contribution in [3.8, 4) is 0 Å². The zero-order valence-electron chi connectivity index (χ0n) is 14.9. The van der Waals surface area contributed by atoms with Gasteiger partial charge >= 0.3 is 6.09 Å². The van der Waals surface area contributed by atoms with Crippen LogP contribution < -0.4 is 0 Å². The summed E-state index contributed by atoms with van der Waals surface area (Å²) in [6.07, 6.45) is 3.36. The molecule has 0 N–H and O–H groups in total. The van der Waals surface area contributed by atoms with E-state index in [1.807, 2.05) is 51.9 Å². The molecule has 0 aliphatic carbocycles. The highest BCUT2D eigenvalue weighted by molar-refractivity contribution is 6.16. The number of aromatic nitrogens is 3. The number of fused-ring (bicyclic) bond motifs is 1. The van der Waals surface area contributed by atoms with Crippen LogP contribution >= 0.6 is 11.6 Å². The van der Waals surface area contributed by atoms with E-state index in [2.05, 4.69) is 9.97 Å². The van der Waals surface area contributed by atoms with Crippen LogP contribution in [0.25, 0.3) is 11.2 Å². The molecule has 0 radical (unpaired) electrons. The smallest absolute Gasteiger partial charge is 0.410 e. The molecule has 0 spiro atoms. The predicted molar refractivity (Wildman–Crippen MR) is 103 cm³/mol. The first-order valence-corrected chi connectivity index (χ1v) is 9.63. The minimum absolute atomic E-state index is 0.0506. The molecule has 27 heavy (non-hydrogen) atoms. The zero-order valence-corrected chi connectivity index (χ0v) is 15.7. The number of carbonyl (C=O) groups is 1. The first kappa shape index (κ1) is 17.8. The van der Waals surface area contributed by atoms with Crippen molar-refractivity contribution in [1.29, 1.82) is 0 Å². The number of halogens is 1. The average Bonchev–Trinajstić information content (AvgIpc) is 3.32. The Bertz CT molecular complexity index is 928. The topological polar surface area (TPSA) is 60.2 Å². The number of nitrogens with zero attached hydrogens (tertiary/aromatic N) is 4. The van der Waals surface area contributed by atoms with Crippen molar-refractivity contribution in [2.75, 3.05) is 6.54 Å². The molecule has 1 atom stereocenters. The highest BCUT2D eigenvalue weighted by Crippen LogP contribution is 2.24. The van der Waals surface area contributed by atoms with Crippen LogP contribution in [-0.4, -0.2) is 38.1 Å². The summed E-state index contributed by atoms with van der Waals surface area (Å²) >= 11 is 6.09. The Morgan fingerprint density at radius 2 is 2.07 bits per heavy atom. The molecule has 1 aromatic carbocycles. The maximum Gasteiger partial charge on any atom is 0.410 e. The molecule has 0 bridgehead atoms. The van der Waals surface area contributed by atoms with Gasteiger partial charge in [-0.25, -0.2) is 14.8 Å². The van der Waals surface area contributed by atoms with E-state index in [0.717, 1.165) is 35.4 Å². The normalized spacial score (nSPS) is 16.8. The lowest BCUT2D eigenvalue weighted by atomic mass is 10.2. The number of hydrogen-bond donors (Lipinski definition) is 0. The summed E-state index contributed by atoms with van der Waals surface area (Å²) in [5, 5.41) is 0. The number of pyridine rings is 1. The summed E-state index contributed by atoms with van der Waals surface area (Å²) in [5.41, 5.74) is 2.61. The Kier molecular flexibility index (Phi) is 5.25. The predicted octanol–water partition coefficient (Wildman–Crippen LogP) is 3.97. The van der Waals surface area contributed by atoms with Crippen LogP contribution in [0, 0.1) is 0 Å². The molecule has 1 aliphatic heterocycles. The average molecular weight is 385 g/mol. The van der Waals surface area contributed by atoms with E-state index in [9.17, 15) is 4.79 Å². The van der Waals surface area contributed by atoms with E-state index in [0.29, 0.717) is 19.0 Å². The van der Waals surface area contributed by atoms with Crippen molar-refractivity contribution in [3.05, 3.63) is 60.0 Å². The summed E-state index contributed by atoms with van der Waals surface area (Å²) in [7, 11) is 0. The Labute approximate surface area is 162 Å². The fourth-order valence-corrected chi connectivity index (χ4v) is 3.78. The van der Waals surface area contributed by atoms with Crippen LogP contribution in [0.5, 0.6) is 0 Å². The number of hydrogen-bond acceptors (Lipinski definition) is 4. The molecule has 1 amide bonds. The van der Waals surface area contributed by atoms with Crippen LogP contribution in [0.1, 0.15) is 24.2 Å². The third kappa shape index (κ3) is 3.76. The van der Waals surface area contributed by atoms with Crippen LogP contribution in [0.15, 0.2) is 48.7 Å². The lowest BCUT2D eigenvalue weighted by molar-refractivity contribution is 0.0895. The molecule has 6 nitrogen and oxygen atoms in total. The van der Waals surface area contributed by atoms with Gasteiger partial charge in [0.2, 0.25) is 0 Å². The van der Waals surface area contributed by atoms with Crippen LogP contribution in [0.4, 0.5) is 4.79 Å². The molecule has 1 aliphatic rings. The van der Waals surface area contributed by atoms with Crippen molar-refractivity contribution in [2.24, 2.45) is 0 Å². The van der Waals surface area contributed by atoms with Crippen LogP contribution in [0.3, 0.4) is 0 Å². The van der Waals surface area contributed by atoms with Crippen molar-refractivity contribution in [1.82, 2.24) is 19.4 Å². The molecular formula is C20H21ClN4O2. The summed E-state index contributed by atoms with van der Waals surface area (Å²) in [6, 6.07) is 13.6. The molecule has 3 heterocycles. The summed E-state index contributed by atoms with van der Waals surface area (Å²) in [4.78, 5) is 23.4. The summed E-state index contributed by atoms with van der Waals surface area (Å²) in [6.45, 7) is 1.61. The van der Waals surface area contributed by atoms with E-state index >= 15 is 0 Å². The SMILES string of the molecule is O=C(OCc1ccccc1)N1CCCC1Cn1c(CCl)nc2cccnc21. The van der Waals surface area contributed by atoms with E-state index in [1.54, 1.807) is 6.20 Å². The maximum absolute atomic E-state index is 12.6. The minimum Gasteiger partial charge on any atom is -0.445 e. The number of rotatable bonds is 5. The summed E-state index contributed by atoms with van der Waals surface area (Å²) in [5.74, 6) is 1.08. The fraction of sp³-hybridized carbons (Fsp3) is 0.350. The Morgan fingerprint density at radius 1 is 1.22 bits per heavy atom. The van der Waals surface area contributed by atoms with Crippen LogP contribution in [0.2, 0.25) is 0 Å². The number of likely N-dealkylation sites (tertiary alicyclic amines) is 1. The van der Waals surface area contributed by atoms with E-state index in [1.165, 1.54) is 0 Å². The van der Waals surface area contributed by atoms with Gasteiger partial charge in [0.1, 0.15) is 17.9 Å². The van der Waals surface area contributed by atoms with Gasteiger partial charge in [-0.05, 0) is 30.5 Å². The molecule has 1 unspecified atom stereocenters. The van der Waals surface area contributed by atoms with Gasteiger partial charge in [-0.1, -0.05) is 30.3 Å². The van der Waals surface area contributed by atoms with Gasteiger partial charge in [0.05, 0.1) is 11.9 Å². The molecule has 1 fully saturated rings. The van der Waals surface area contributed by atoms with Crippen molar-refractivity contribution in [3.63, 3.8) is 0 Å². The number of imidazole rings is 1. The summed E-state index contributed by atoms with van der Waals surface area (Å²) < 4.78 is 7.55. The Hall–Kier alpha value is -2.60. The second-order valence-electron chi connectivity index (χ2n) is 6.65. The number of amides is 1.